The van der Waals surface area contributed by atoms with Gasteiger partial charge in [0.2, 0.25) is 0 Å². The Morgan fingerprint density at radius 3 is 2.80 bits per heavy atom. The first-order valence-corrected chi connectivity index (χ1v) is 7.24. The van der Waals surface area contributed by atoms with Crippen LogP contribution >= 0.6 is 15.9 Å². The molecule has 104 valence electrons. The molecule has 0 saturated heterocycles. The summed E-state index contributed by atoms with van der Waals surface area (Å²) >= 11 is 3.39. The van der Waals surface area contributed by atoms with Gasteiger partial charge in [0.1, 0.15) is 17.7 Å². The summed E-state index contributed by atoms with van der Waals surface area (Å²) in [5.74, 6) is 0.393. The number of rotatable bonds is 1. The fourth-order valence-electron chi connectivity index (χ4n) is 2.43. The number of aliphatic hydroxyl groups is 1. The van der Waals surface area contributed by atoms with E-state index in [0.717, 1.165) is 15.6 Å². The highest BCUT2D eigenvalue weighted by Gasteiger charge is 2.28. The summed E-state index contributed by atoms with van der Waals surface area (Å²) < 4.78 is 20.5. The Morgan fingerprint density at radius 2 is 2.05 bits per heavy atom. The highest BCUT2D eigenvalue weighted by atomic mass is 79.9. The molecule has 2 aromatic rings. The maximum Gasteiger partial charge on any atom is 0.127 e. The van der Waals surface area contributed by atoms with E-state index in [9.17, 15) is 9.50 Å². The summed E-state index contributed by atoms with van der Waals surface area (Å²) in [6.07, 6.45) is -0.500. The highest BCUT2D eigenvalue weighted by Crippen LogP contribution is 2.41. The van der Waals surface area contributed by atoms with Crippen LogP contribution in [0.25, 0.3) is 0 Å². The number of aryl methyl sites for hydroxylation is 1. The molecular weight excluding hydrogens is 323 g/mol. The quantitative estimate of drug-likeness (QED) is 0.833. The molecule has 4 heteroatoms. The van der Waals surface area contributed by atoms with Gasteiger partial charge in [0, 0.05) is 16.5 Å². The third-order valence-electron chi connectivity index (χ3n) is 3.61. The zero-order chi connectivity index (χ0) is 14.3. The molecule has 1 aliphatic rings. The number of hydrogen-bond acceptors (Lipinski definition) is 2. The Kier molecular flexibility index (Phi) is 3.52. The summed E-state index contributed by atoms with van der Waals surface area (Å²) in [5.41, 5.74) is 2.13. The second-order valence-corrected chi connectivity index (χ2v) is 5.96. The minimum Gasteiger partial charge on any atom is -0.485 e. The molecule has 0 saturated carbocycles. The van der Waals surface area contributed by atoms with E-state index >= 15 is 0 Å². The normalized spacial score (nSPS) is 21.2. The standard InChI is InChI=1S/C16H14BrFO2/c1-9-2-3-10(6-13(9)18)15-8-14(19)12-5-4-11(17)7-16(12)20-15/h2-7,14-15,19H,8H2,1H3/t14-,15?/m0/s1. The van der Waals surface area contributed by atoms with E-state index in [2.05, 4.69) is 15.9 Å². The molecule has 0 fully saturated rings. The summed E-state index contributed by atoms with van der Waals surface area (Å²) in [6.45, 7) is 1.72. The Bertz CT molecular complexity index is 657. The molecule has 1 heterocycles. The first kappa shape index (κ1) is 13.6. The molecule has 1 unspecified atom stereocenters. The van der Waals surface area contributed by atoms with Gasteiger partial charge in [-0.3, -0.25) is 0 Å². The van der Waals surface area contributed by atoms with Gasteiger partial charge in [0.15, 0.2) is 0 Å². The van der Waals surface area contributed by atoms with E-state index in [0.29, 0.717) is 17.7 Å². The van der Waals surface area contributed by atoms with Gasteiger partial charge in [-0.25, -0.2) is 4.39 Å². The average Bonchev–Trinajstić information content (AvgIpc) is 2.41. The molecule has 0 amide bonds. The van der Waals surface area contributed by atoms with Gasteiger partial charge in [-0.1, -0.05) is 34.1 Å². The second-order valence-electron chi connectivity index (χ2n) is 5.05. The van der Waals surface area contributed by atoms with Gasteiger partial charge in [0.25, 0.3) is 0 Å². The topological polar surface area (TPSA) is 29.5 Å². The smallest absolute Gasteiger partial charge is 0.127 e. The van der Waals surface area contributed by atoms with Crippen LogP contribution in [-0.4, -0.2) is 5.11 Å². The Hall–Kier alpha value is -1.39. The van der Waals surface area contributed by atoms with Crippen molar-refractivity contribution >= 4 is 15.9 Å². The molecule has 0 radical (unpaired) electrons. The molecule has 0 aromatic heterocycles. The zero-order valence-corrected chi connectivity index (χ0v) is 12.5. The van der Waals surface area contributed by atoms with Gasteiger partial charge in [0.05, 0.1) is 6.10 Å². The lowest BCUT2D eigenvalue weighted by Gasteiger charge is -2.30. The molecular formula is C16H14BrFO2. The zero-order valence-electron chi connectivity index (χ0n) is 10.9. The summed E-state index contributed by atoms with van der Waals surface area (Å²) in [6, 6.07) is 10.6. The largest absolute Gasteiger partial charge is 0.485 e. The van der Waals surface area contributed by atoms with Crippen molar-refractivity contribution in [3.05, 3.63) is 63.4 Å². The number of ether oxygens (including phenoxy) is 1. The molecule has 1 aliphatic heterocycles. The van der Waals surface area contributed by atoms with Crippen LogP contribution < -0.4 is 4.74 Å². The molecule has 0 bridgehead atoms. The molecule has 2 aromatic carbocycles. The third kappa shape index (κ3) is 2.45. The average molecular weight is 337 g/mol. The van der Waals surface area contributed by atoms with Crippen molar-refractivity contribution in [3.8, 4) is 5.75 Å². The minimum absolute atomic E-state index is 0.249. The van der Waals surface area contributed by atoms with Crippen molar-refractivity contribution in [2.24, 2.45) is 0 Å². The number of fused-ring (bicyclic) bond motifs is 1. The van der Waals surface area contributed by atoms with Crippen molar-refractivity contribution in [3.63, 3.8) is 0 Å². The van der Waals surface area contributed by atoms with Crippen LogP contribution in [0.1, 0.15) is 35.3 Å². The Labute approximate surface area is 125 Å². The first-order valence-electron chi connectivity index (χ1n) is 6.45. The van der Waals surface area contributed by atoms with Crippen LogP contribution in [0.2, 0.25) is 0 Å². The van der Waals surface area contributed by atoms with Crippen molar-refractivity contribution in [1.29, 1.82) is 0 Å². The lowest BCUT2D eigenvalue weighted by molar-refractivity contribution is 0.0655. The predicted molar refractivity (Wildman–Crippen MR) is 78.2 cm³/mol. The van der Waals surface area contributed by atoms with Gasteiger partial charge in [-0.2, -0.15) is 0 Å². The summed E-state index contributed by atoms with van der Waals surface area (Å²) in [4.78, 5) is 0. The molecule has 2 atom stereocenters. The number of aliphatic hydroxyl groups excluding tert-OH is 1. The van der Waals surface area contributed by atoms with E-state index in [1.807, 2.05) is 24.3 Å². The maximum absolute atomic E-state index is 13.7. The number of halogens is 2. The van der Waals surface area contributed by atoms with E-state index in [1.165, 1.54) is 6.07 Å². The van der Waals surface area contributed by atoms with Crippen molar-refractivity contribution in [1.82, 2.24) is 0 Å². The minimum atomic E-state index is -0.596. The fraction of sp³-hybridized carbons (Fsp3) is 0.250. The van der Waals surface area contributed by atoms with Gasteiger partial charge in [-0.05, 0) is 36.2 Å². The molecule has 3 rings (SSSR count). The van der Waals surface area contributed by atoms with Crippen LogP contribution in [0.5, 0.6) is 5.75 Å². The lowest BCUT2D eigenvalue weighted by atomic mass is 9.94. The van der Waals surface area contributed by atoms with Crippen molar-refractivity contribution < 1.29 is 14.2 Å². The maximum atomic E-state index is 13.7. The van der Waals surface area contributed by atoms with Crippen LogP contribution in [0.4, 0.5) is 4.39 Å². The lowest BCUT2D eigenvalue weighted by Crippen LogP contribution is -2.19. The monoisotopic (exact) mass is 336 g/mol. The molecule has 0 aliphatic carbocycles. The van der Waals surface area contributed by atoms with Crippen LogP contribution in [-0.2, 0) is 0 Å². The van der Waals surface area contributed by atoms with Crippen LogP contribution in [0.15, 0.2) is 40.9 Å². The van der Waals surface area contributed by atoms with Crippen LogP contribution in [0, 0.1) is 12.7 Å². The summed E-state index contributed by atoms with van der Waals surface area (Å²) in [5, 5.41) is 10.2. The second kappa shape index (κ2) is 5.19. The van der Waals surface area contributed by atoms with Crippen molar-refractivity contribution in [2.45, 2.75) is 25.6 Å². The molecule has 20 heavy (non-hydrogen) atoms. The number of benzene rings is 2. The fourth-order valence-corrected chi connectivity index (χ4v) is 2.77. The van der Waals surface area contributed by atoms with Gasteiger partial charge < -0.3 is 9.84 Å². The molecule has 0 spiro atoms. The first-order chi connectivity index (χ1) is 9.54. The van der Waals surface area contributed by atoms with Gasteiger partial charge in [-0.15, -0.1) is 0 Å². The molecule has 2 nitrogen and oxygen atoms in total. The summed E-state index contributed by atoms with van der Waals surface area (Å²) in [7, 11) is 0. The predicted octanol–water partition coefficient (Wildman–Crippen LogP) is 4.45. The third-order valence-corrected chi connectivity index (χ3v) is 4.10. The molecule has 1 N–H and O–H groups in total. The highest BCUT2D eigenvalue weighted by molar-refractivity contribution is 9.10. The number of hydrogen-bond donors (Lipinski definition) is 1. The van der Waals surface area contributed by atoms with Gasteiger partial charge >= 0.3 is 0 Å². The van der Waals surface area contributed by atoms with E-state index in [-0.39, 0.29) is 11.9 Å². The SMILES string of the molecule is Cc1ccc(C2C[C@H](O)c3ccc(Br)cc3O2)cc1F. The Morgan fingerprint density at radius 1 is 1.25 bits per heavy atom. The van der Waals surface area contributed by atoms with Crippen molar-refractivity contribution in [2.75, 3.05) is 0 Å². The van der Waals surface area contributed by atoms with E-state index < -0.39 is 6.10 Å². The van der Waals surface area contributed by atoms with Crippen LogP contribution in [0.3, 0.4) is 0 Å². The van der Waals surface area contributed by atoms with E-state index in [1.54, 1.807) is 13.0 Å². The Balaban J connectivity index is 1.96. The van der Waals surface area contributed by atoms with E-state index in [4.69, 9.17) is 4.74 Å².